The summed E-state index contributed by atoms with van der Waals surface area (Å²) in [5.74, 6) is -3.32. The fourth-order valence-corrected chi connectivity index (χ4v) is 6.07. The average Bonchev–Trinajstić information content (AvgIpc) is 3.18. The SMILES string of the molecule is CC1NN(C[C@@H]2[C@H](NC(=O)/C(=N\OC3(C(=O)O)CC3)c3csc(N)n3)C(=O)N2S(=O)(=O)O)N=C1CNC1CCNC1. The van der Waals surface area contributed by atoms with Crippen molar-refractivity contribution >= 4 is 56.0 Å². The first-order valence-electron chi connectivity index (χ1n) is 12.8. The van der Waals surface area contributed by atoms with Crippen LogP contribution in [0.25, 0.3) is 0 Å². The Morgan fingerprint density at radius 2 is 2.15 bits per heavy atom. The predicted molar refractivity (Wildman–Crippen MR) is 144 cm³/mol. The van der Waals surface area contributed by atoms with Crippen LogP contribution in [-0.2, 0) is 29.5 Å². The van der Waals surface area contributed by atoms with Gasteiger partial charge in [0.1, 0.15) is 17.8 Å². The minimum atomic E-state index is -4.96. The summed E-state index contributed by atoms with van der Waals surface area (Å²) in [5.41, 5.74) is 7.44. The Morgan fingerprint density at radius 3 is 2.73 bits per heavy atom. The molecule has 3 fully saturated rings. The van der Waals surface area contributed by atoms with Gasteiger partial charge in [-0.2, -0.15) is 13.5 Å². The molecular formula is C21H30N10O8S2. The molecule has 8 N–H and O–H groups in total. The summed E-state index contributed by atoms with van der Waals surface area (Å²) < 4.78 is 33.9. The molecule has 1 aliphatic carbocycles. The highest BCUT2D eigenvalue weighted by molar-refractivity contribution is 7.84. The molecule has 4 aliphatic rings. The molecule has 224 valence electrons. The van der Waals surface area contributed by atoms with E-state index in [9.17, 15) is 32.5 Å². The number of thiazole rings is 1. The highest BCUT2D eigenvalue weighted by atomic mass is 32.2. The van der Waals surface area contributed by atoms with Gasteiger partial charge in [0.25, 0.3) is 11.8 Å². The van der Waals surface area contributed by atoms with Crippen LogP contribution in [0.3, 0.4) is 0 Å². The molecule has 1 aromatic rings. The van der Waals surface area contributed by atoms with Crippen LogP contribution < -0.4 is 27.1 Å². The first kappa shape index (κ1) is 29.1. The van der Waals surface area contributed by atoms with Crippen molar-refractivity contribution in [2.45, 2.75) is 56.0 Å². The van der Waals surface area contributed by atoms with Crippen LogP contribution in [0.2, 0.25) is 0 Å². The average molecular weight is 615 g/mol. The second-order valence-corrected chi connectivity index (χ2v) is 12.3. The second-order valence-electron chi connectivity index (χ2n) is 10.1. The molecule has 4 atom stereocenters. The summed E-state index contributed by atoms with van der Waals surface area (Å²) in [6, 6.07) is -2.54. The van der Waals surface area contributed by atoms with Crippen LogP contribution in [0, 0.1) is 0 Å². The summed E-state index contributed by atoms with van der Waals surface area (Å²) in [4.78, 5) is 46.7. The molecule has 2 unspecified atom stereocenters. The summed E-state index contributed by atoms with van der Waals surface area (Å²) in [6.45, 7) is 3.91. The van der Waals surface area contributed by atoms with Gasteiger partial charge in [-0.25, -0.2) is 24.6 Å². The lowest BCUT2D eigenvalue weighted by atomic mass is 9.98. The van der Waals surface area contributed by atoms with Crippen LogP contribution in [0.15, 0.2) is 15.6 Å². The molecule has 0 spiro atoms. The van der Waals surface area contributed by atoms with Gasteiger partial charge in [-0.3, -0.25) is 14.1 Å². The fourth-order valence-electron chi connectivity index (χ4n) is 4.65. The summed E-state index contributed by atoms with van der Waals surface area (Å²) in [6.07, 6.45) is 1.35. The number of oxime groups is 1. The molecule has 0 radical (unpaired) electrons. The molecule has 20 heteroatoms. The maximum absolute atomic E-state index is 13.3. The number of nitrogens with one attached hydrogen (secondary N) is 4. The van der Waals surface area contributed by atoms with E-state index in [0.717, 1.165) is 36.6 Å². The predicted octanol–water partition coefficient (Wildman–Crippen LogP) is -2.92. The number of carbonyl (C=O) groups excluding carboxylic acids is 2. The number of hydrogen-bond acceptors (Lipinski definition) is 15. The zero-order valence-corrected chi connectivity index (χ0v) is 23.4. The van der Waals surface area contributed by atoms with Crippen LogP contribution in [-0.4, -0.2) is 118 Å². The zero-order chi connectivity index (χ0) is 29.5. The molecule has 2 amide bonds. The number of carbonyl (C=O) groups is 3. The lowest BCUT2D eigenvalue weighted by molar-refractivity contribution is -0.153. The minimum Gasteiger partial charge on any atom is -0.478 e. The number of aromatic nitrogens is 1. The van der Waals surface area contributed by atoms with Crippen LogP contribution >= 0.6 is 11.3 Å². The van der Waals surface area contributed by atoms with Gasteiger partial charge in [-0.1, -0.05) is 5.16 Å². The second kappa shape index (κ2) is 11.1. The topological polar surface area (TPSA) is 253 Å². The monoisotopic (exact) mass is 614 g/mol. The summed E-state index contributed by atoms with van der Waals surface area (Å²) in [5, 5.41) is 29.5. The number of rotatable bonds is 12. The molecule has 1 saturated carbocycles. The van der Waals surface area contributed by atoms with Crippen LogP contribution in [0.5, 0.6) is 0 Å². The number of nitrogens with two attached hydrogens (primary N) is 1. The third-order valence-electron chi connectivity index (χ3n) is 7.17. The van der Waals surface area contributed by atoms with Gasteiger partial charge in [0, 0.05) is 37.4 Å². The number of anilines is 1. The van der Waals surface area contributed by atoms with Crippen molar-refractivity contribution < 1.29 is 37.3 Å². The number of hydrazine groups is 1. The Balaban J connectivity index is 1.31. The molecule has 41 heavy (non-hydrogen) atoms. The van der Waals surface area contributed by atoms with E-state index in [2.05, 4.69) is 36.6 Å². The Morgan fingerprint density at radius 1 is 1.39 bits per heavy atom. The van der Waals surface area contributed by atoms with Crippen molar-refractivity contribution in [3.63, 3.8) is 0 Å². The van der Waals surface area contributed by atoms with Gasteiger partial charge in [-0.15, -0.1) is 11.3 Å². The molecule has 3 aliphatic heterocycles. The number of β-lactam (4-membered cyclic amide) rings is 1. The van der Waals surface area contributed by atoms with Crippen LogP contribution in [0.1, 0.15) is 31.9 Å². The normalized spacial score (nSPS) is 27.4. The molecule has 4 heterocycles. The van der Waals surface area contributed by atoms with Gasteiger partial charge in [0.15, 0.2) is 10.8 Å². The maximum Gasteiger partial charge on any atom is 0.362 e. The quantitative estimate of drug-likeness (QED) is 0.0539. The van der Waals surface area contributed by atoms with E-state index in [1.165, 1.54) is 10.5 Å². The highest BCUT2D eigenvalue weighted by Crippen LogP contribution is 2.40. The molecule has 1 aromatic heterocycles. The number of hydrazone groups is 1. The summed E-state index contributed by atoms with van der Waals surface area (Å²) >= 11 is 0.991. The molecule has 5 rings (SSSR count). The molecule has 0 aromatic carbocycles. The molecule has 2 saturated heterocycles. The minimum absolute atomic E-state index is 0.0321. The smallest absolute Gasteiger partial charge is 0.362 e. The van der Waals surface area contributed by atoms with Gasteiger partial charge in [0.05, 0.1) is 18.3 Å². The number of aliphatic carboxylic acids is 1. The van der Waals surface area contributed by atoms with Crippen molar-refractivity contribution in [3.05, 3.63) is 11.1 Å². The van der Waals surface area contributed by atoms with E-state index in [1.54, 1.807) is 0 Å². The highest BCUT2D eigenvalue weighted by Gasteiger charge is 2.56. The van der Waals surface area contributed by atoms with Gasteiger partial charge >= 0.3 is 16.3 Å². The van der Waals surface area contributed by atoms with Crippen molar-refractivity contribution in [2.75, 3.05) is 31.9 Å². The van der Waals surface area contributed by atoms with E-state index in [-0.39, 0.29) is 40.6 Å². The van der Waals surface area contributed by atoms with E-state index in [4.69, 9.17) is 10.6 Å². The molecule has 18 nitrogen and oxygen atoms in total. The maximum atomic E-state index is 13.3. The molecule has 0 bridgehead atoms. The number of nitrogen functional groups attached to an aromatic ring is 1. The number of hydrogen-bond donors (Lipinski definition) is 7. The van der Waals surface area contributed by atoms with Gasteiger partial charge in [-0.05, 0) is 19.9 Å². The van der Waals surface area contributed by atoms with Crippen molar-refractivity contribution in [1.29, 1.82) is 0 Å². The zero-order valence-electron chi connectivity index (χ0n) is 21.8. The van der Waals surface area contributed by atoms with Gasteiger partial charge < -0.3 is 31.6 Å². The first-order valence-corrected chi connectivity index (χ1v) is 15.0. The standard InChI is InChI=1S/C21H30N10O8S2/c1-10-12(7-24-11-2-5-23-6-11)28-30(27-10)8-14-16(18(33)31(14)41(36,37)38)26-17(32)15(13-9-40-20(22)25-13)29-39-21(3-4-21)19(34)35/h9-11,14,16,23-24,27H,2-8H2,1H3,(H2,22,25)(H,26,32)(H,34,35)(H,36,37,38)/b29-15-/t10?,11?,14-,16+/m1/s1. The van der Waals surface area contributed by atoms with Gasteiger partial charge in [0.2, 0.25) is 5.60 Å². The number of amides is 2. The lowest BCUT2D eigenvalue weighted by Gasteiger charge is -2.45. The van der Waals surface area contributed by atoms with E-state index in [0.29, 0.717) is 12.6 Å². The van der Waals surface area contributed by atoms with Crippen molar-refractivity contribution in [2.24, 2.45) is 10.3 Å². The Bertz CT molecular complexity index is 1390. The lowest BCUT2D eigenvalue weighted by Crippen LogP contribution is -2.74. The molecular weight excluding hydrogens is 584 g/mol. The third kappa shape index (κ3) is 6.11. The Hall–Kier alpha value is -3.43. The van der Waals surface area contributed by atoms with E-state index in [1.807, 2.05) is 6.92 Å². The largest absolute Gasteiger partial charge is 0.478 e. The first-order chi connectivity index (χ1) is 19.4. The third-order valence-corrected chi connectivity index (χ3v) is 8.80. The Kier molecular flexibility index (Phi) is 7.87. The van der Waals surface area contributed by atoms with Crippen LogP contribution in [0.4, 0.5) is 5.13 Å². The number of nitrogens with zero attached hydrogens (tertiary/aromatic N) is 5. The van der Waals surface area contributed by atoms with E-state index < -0.39 is 51.5 Å². The summed E-state index contributed by atoms with van der Waals surface area (Å²) in [7, 11) is -4.96. The Labute approximate surface area is 238 Å². The van der Waals surface area contributed by atoms with Crippen molar-refractivity contribution in [3.8, 4) is 0 Å². The van der Waals surface area contributed by atoms with Crippen molar-refractivity contribution in [1.82, 2.24) is 35.8 Å². The number of carboxylic acid groups (broad SMARTS) is 1. The number of carboxylic acids is 1. The van der Waals surface area contributed by atoms with E-state index >= 15 is 0 Å². The fraction of sp³-hybridized carbons (Fsp3) is 0.619.